The van der Waals surface area contributed by atoms with E-state index in [0.717, 1.165) is 34.9 Å². The first kappa shape index (κ1) is 14.2. The number of unbranched alkanes of at least 4 members (excludes halogenated alkanes) is 2. The Balaban J connectivity index is 1.93. The minimum absolute atomic E-state index is 0.591. The lowest BCUT2D eigenvalue weighted by Gasteiger charge is -2.08. The molecule has 21 heavy (non-hydrogen) atoms. The van der Waals surface area contributed by atoms with Gasteiger partial charge >= 0.3 is 0 Å². The van der Waals surface area contributed by atoms with Crippen LogP contribution in [0.15, 0.2) is 30.5 Å². The number of hydrogen-bond acceptors (Lipinski definition) is 4. The van der Waals surface area contributed by atoms with E-state index in [9.17, 15) is 0 Å². The minimum atomic E-state index is 0.591. The van der Waals surface area contributed by atoms with Crippen LogP contribution >= 0.6 is 11.8 Å². The number of hydrogen-bond donors (Lipinski definition) is 1. The highest BCUT2D eigenvalue weighted by Crippen LogP contribution is 2.26. The summed E-state index contributed by atoms with van der Waals surface area (Å²) in [5, 5.41) is 1.13. The molecule has 0 aliphatic carbocycles. The Bertz CT molecular complexity index is 750. The number of para-hydroxylation sites is 1. The zero-order valence-electron chi connectivity index (χ0n) is 12.2. The third kappa shape index (κ3) is 2.83. The van der Waals surface area contributed by atoms with Crippen LogP contribution in [0.1, 0.15) is 19.3 Å². The van der Waals surface area contributed by atoms with E-state index in [0.29, 0.717) is 5.95 Å². The van der Waals surface area contributed by atoms with Gasteiger partial charge in [0.2, 0.25) is 5.95 Å². The quantitative estimate of drug-likeness (QED) is 0.705. The van der Waals surface area contributed by atoms with Crippen molar-refractivity contribution in [2.45, 2.75) is 25.8 Å². The fourth-order valence-electron chi connectivity index (χ4n) is 2.70. The minimum Gasteiger partial charge on any atom is -0.369 e. The number of thioether (sulfide) groups is 1. The van der Waals surface area contributed by atoms with Gasteiger partial charge in [0.15, 0.2) is 0 Å². The number of aromatic nitrogens is 3. The summed E-state index contributed by atoms with van der Waals surface area (Å²) < 4.78 is 2.14. The van der Waals surface area contributed by atoms with Crippen LogP contribution in [0.4, 0.5) is 5.95 Å². The van der Waals surface area contributed by atoms with Crippen LogP contribution in [0.5, 0.6) is 0 Å². The maximum absolute atomic E-state index is 6.11. The first-order valence-corrected chi connectivity index (χ1v) is 8.69. The van der Waals surface area contributed by atoms with Crippen LogP contribution < -0.4 is 5.73 Å². The second-order valence-corrected chi connectivity index (χ2v) is 6.17. The molecule has 0 saturated carbocycles. The second-order valence-electron chi connectivity index (χ2n) is 5.18. The molecule has 0 amide bonds. The Morgan fingerprint density at radius 3 is 2.86 bits per heavy atom. The topological polar surface area (TPSA) is 56.7 Å². The predicted octanol–water partition coefficient (Wildman–Crippen LogP) is 3.70. The van der Waals surface area contributed by atoms with Crippen molar-refractivity contribution in [1.82, 2.24) is 14.5 Å². The van der Waals surface area contributed by atoms with Gasteiger partial charge in [-0.15, -0.1) is 0 Å². The van der Waals surface area contributed by atoms with Crippen LogP contribution in [0.2, 0.25) is 0 Å². The van der Waals surface area contributed by atoms with Crippen molar-refractivity contribution in [3.05, 3.63) is 30.5 Å². The Hall–Kier alpha value is -1.75. The number of rotatable bonds is 6. The lowest BCUT2D eigenvalue weighted by molar-refractivity contribution is 0.622. The van der Waals surface area contributed by atoms with E-state index in [2.05, 4.69) is 26.9 Å². The molecule has 110 valence electrons. The van der Waals surface area contributed by atoms with Gasteiger partial charge in [-0.3, -0.25) is 4.98 Å². The van der Waals surface area contributed by atoms with Crippen LogP contribution in [0.3, 0.4) is 0 Å². The molecule has 3 aromatic rings. The van der Waals surface area contributed by atoms with E-state index >= 15 is 0 Å². The summed E-state index contributed by atoms with van der Waals surface area (Å²) in [6.45, 7) is 0.921. The lowest BCUT2D eigenvalue weighted by Crippen LogP contribution is -2.04. The fourth-order valence-corrected chi connectivity index (χ4v) is 3.19. The van der Waals surface area contributed by atoms with Crippen molar-refractivity contribution in [2.24, 2.45) is 0 Å². The number of fused-ring (bicyclic) bond motifs is 3. The van der Waals surface area contributed by atoms with Gasteiger partial charge in [0.1, 0.15) is 5.52 Å². The molecule has 2 heterocycles. The third-order valence-corrected chi connectivity index (χ3v) is 4.44. The van der Waals surface area contributed by atoms with Crippen molar-refractivity contribution >= 4 is 39.6 Å². The summed E-state index contributed by atoms with van der Waals surface area (Å²) in [5.74, 6) is 1.82. The van der Waals surface area contributed by atoms with E-state index in [4.69, 9.17) is 5.73 Å². The molecular weight excluding hydrogens is 280 g/mol. The zero-order valence-corrected chi connectivity index (χ0v) is 13.1. The molecule has 2 aromatic heterocycles. The molecule has 0 spiro atoms. The summed E-state index contributed by atoms with van der Waals surface area (Å²) in [5.41, 5.74) is 9.10. The number of imidazole rings is 1. The van der Waals surface area contributed by atoms with Crippen LogP contribution in [0, 0.1) is 0 Å². The Morgan fingerprint density at radius 2 is 2.00 bits per heavy atom. The first-order valence-electron chi connectivity index (χ1n) is 7.29. The SMILES string of the molecule is CSCCCCCn1c(N)nc2cnc3ccccc3c21. The third-order valence-electron chi connectivity index (χ3n) is 3.74. The van der Waals surface area contributed by atoms with E-state index in [1.807, 2.05) is 36.2 Å². The largest absolute Gasteiger partial charge is 0.369 e. The normalized spacial score (nSPS) is 11.5. The van der Waals surface area contributed by atoms with Crippen LogP contribution in [-0.4, -0.2) is 26.5 Å². The van der Waals surface area contributed by atoms with Gasteiger partial charge in [-0.05, 0) is 30.9 Å². The van der Waals surface area contributed by atoms with Crippen molar-refractivity contribution in [3.8, 4) is 0 Å². The van der Waals surface area contributed by atoms with Gasteiger partial charge in [0.25, 0.3) is 0 Å². The zero-order chi connectivity index (χ0) is 14.7. The molecule has 0 radical (unpaired) electrons. The van der Waals surface area contributed by atoms with Gasteiger partial charge in [0.05, 0.1) is 17.2 Å². The van der Waals surface area contributed by atoms with Gasteiger partial charge in [0, 0.05) is 11.9 Å². The van der Waals surface area contributed by atoms with Gasteiger partial charge < -0.3 is 10.3 Å². The molecule has 0 fully saturated rings. The molecule has 0 unspecified atom stereocenters. The van der Waals surface area contributed by atoms with E-state index in [-0.39, 0.29) is 0 Å². The Morgan fingerprint density at radius 1 is 1.14 bits per heavy atom. The second kappa shape index (κ2) is 6.35. The van der Waals surface area contributed by atoms with Crippen LogP contribution in [-0.2, 0) is 6.54 Å². The number of nitrogen functional groups attached to an aromatic ring is 1. The van der Waals surface area contributed by atoms with Gasteiger partial charge in [-0.25, -0.2) is 4.98 Å². The molecule has 4 nitrogen and oxygen atoms in total. The molecule has 0 atom stereocenters. The average molecular weight is 300 g/mol. The maximum Gasteiger partial charge on any atom is 0.201 e. The number of aryl methyl sites for hydroxylation is 1. The lowest BCUT2D eigenvalue weighted by atomic mass is 10.2. The Kier molecular flexibility index (Phi) is 4.29. The molecule has 2 N–H and O–H groups in total. The van der Waals surface area contributed by atoms with Gasteiger partial charge in [-0.1, -0.05) is 24.6 Å². The molecule has 3 rings (SSSR count). The van der Waals surface area contributed by atoms with Crippen molar-refractivity contribution < 1.29 is 0 Å². The molecule has 0 saturated heterocycles. The van der Waals surface area contributed by atoms with Crippen LogP contribution in [0.25, 0.3) is 21.9 Å². The molecular formula is C16H20N4S. The average Bonchev–Trinajstić information content (AvgIpc) is 2.83. The number of pyridine rings is 1. The standard InChI is InChI=1S/C16H20N4S/c1-21-10-6-2-5-9-20-15-12-7-3-4-8-13(12)18-11-14(15)19-16(20)17/h3-4,7-8,11H,2,5-6,9-10H2,1H3,(H2,17,19). The molecule has 0 aliphatic rings. The Labute approximate surface area is 128 Å². The van der Waals surface area contributed by atoms with Crippen molar-refractivity contribution in [1.29, 1.82) is 0 Å². The summed E-state index contributed by atoms with van der Waals surface area (Å²) in [7, 11) is 0. The molecule has 0 bridgehead atoms. The van der Waals surface area contributed by atoms with E-state index in [1.54, 1.807) is 0 Å². The molecule has 0 aliphatic heterocycles. The monoisotopic (exact) mass is 300 g/mol. The highest BCUT2D eigenvalue weighted by atomic mass is 32.2. The summed E-state index contributed by atoms with van der Waals surface area (Å²) in [6.07, 6.45) is 7.59. The van der Waals surface area contributed by atoms with E-state index in [1.165, 1.54) is 18.6 Å². The smallest absolute Gasteiger partial charge is 0.201 e. The predicted molar refractivity (Wildman–Crippen MR) is 91.7 cm³/mol. The number of benzene rings is 1. The highest BCUT2D eigenvalue weighted by molar-refractivity contribution is 7.98. The molecule has 5 heteroatoms. The van der Waals surface area contributed by atoms with Gasteiger partial charge in [-0.2, -0.15) is 11.8 Å². The first-order chi connectivity index (χ1) is 10.3. The summed E-state index contributed by atoms with van der Waals surface area (Å²) >= 11 is 1.91. The number of nitrogens with two attached hydrogens (primary N) is 1. The summed E-state index contributed by atoms with van der Waals surface area (Å²) in [6, 6.07) is 8.17. The highest BCUT2D eigenvalue weighted by Gasteiger charge is 2.11. The van der Waals surface area contributed by atoms with E-state index < -0.39 is 0 Å². The number of anilines is 1. The number of nitrogens with zero attached hydrogens (tertiary/aromatic N) is 3. The van der Waals surface area contributed by atoms with Crippen molar-refractivity contribution in [3.63, 3.8) is 0 Å². The molecule has 1 aromatic carbocycles. The van der Waals surface area contributed by atoms with Crippen molar-refractivity contribution in [2.75, 3.05) is 17.7 Å². The summed E-state index contributed by atoms with van der Waals surface area (Å²) in [4.78, 5) is 8.90. The fraction of sp³-hybridized carbons (Fsp3) is 0.375. The maximum atomic E-state index is 6.11.